The molecule has 2 aliphatic rings. The zero-order valence-electron chi connectivity index (χ0n) is 16.9. The number of aliphatic hydroxyl groups excluding tert-OH is 1. The van der Waals surface area contributed by atoms with E-state index in [0.717, 1.165) is 19.4 Å². The van der Waals surface area contributed by atoms with Crippen LogP contribution < -0.4 is 0 Å². The zero-order valence-corrected chi connectivity index (χ0v) is 21.1. The summed E-state index contributed by atoms with van der Waals surface area (Å²) in [6.45, 7) is 14.8. The molecule has 2 fully saturated rings. The van der Waals surface area contributed by atoms with Gasteiger partial charge < -0.3 is 9.53 Å². The predicted octanol–water partition coefficient (Wildman–Crippen LogP) is 6.36. The van der Waals surface area contributed by atoms with Gasteiger partial charge in [0.15, 0.2) is 8.32 Å². The van der Waals surface area contributed by atoms with Crippen LogP contribution in [-0.4, -0.2) is 35.8 Å². The van der Waals surface area contributed by atoms with E-state index < -0.39 is 8.32 Å². The van der Waals surface area contributed by atoms with E-state index in [9.17, 15) is 5.11 Å². The van der Waals surface area contributed by atoms with E-state index in [1.54, 1.807) is 0 Å². The van der Waals surface area contributed by atoms with Crippen LogP contribution >= 0.6 is 31.9 Å². The monoisotopic (exact) mass is 496 g/mol. The van der Waals surface area contributed by atoms with Gasteiger partial charge in [-0.3, -0.25) is 0 Å². The van der Waals surface area contributed by atoms with Crippen molar-refractivity contribution in [2.75, 3.05) is 6.61 Å². The molecule has 0 aromatic rings. The highest BCUT2D eigenvalue weighted by molar-refractivity contribution is 9.12. The largest absolute Gasteiger partial charge is 0.417 e. The molecule has 0 heterocycles. The summed E-state index contributed by atoms with van der Waals surface area (Å²) in [6.07, 6.45) is 5.58. The molecule has 0 saturated heterocycles. The van der Waals surface area contributed by atoms with Crippen molar-refractivity contribution in [2.45, 2.75) is 93.7 Å². The molecule has 0 aromatic carbocycles. The second kappa shape index (κ2) is 8.63. The molecule has 0 radical (unpaired) electrons. The highest BCUT2D eigenvalue weighted by Crippen LogP contribution is 2.52. The van der Waals surface area contributed by atoms with Crippen LogP contribution in [0, 0.1) is 23.7 Å². The third kappa shape index (κ3) is 4.93. The molecule has 2 nitrogen and oxygen atoms in total. The van der Waals surface area contributed by atoms with Gasteiger partial charge in [0.05, 0.1) is 6.10 Å². The van der Waals surface area contributed by atoms with E-state index in [-0.39, 0.29) is 11.1 Å². The van der Waals surface area contributed by atoms with Crippen molar-refractivity contribution in [3.05, 3.63) is 0 Å². The topological polar surface area (TPSA) is 29.5 Å². The van der Waals surface area contributed by atoms with Crippen LogP contribution in [0.5, 0.6) is 0 Å². The smallest absolute Gasteiger partial charge is 0.191 e. The van der Waals surface area contributed by atoms with Gasteiger partial charge in [-0.15, -0.1) is 0 Å². The minimum Gasteiger partial charge on any atom is -0.417 e. The molecular formula is C20H38Br2O2Si. The highest BCUT2D eigenvalue weighted by Gasteiger charge is 2.50. The first-order valence-corrected chi connectivity index (χ1v) is 14.8. The molecular weight excluding hydrogens is 460 g/mol. The van der Waals surface area contributed by atoms with Crippen LogP contribution in [0.15, 0.2) is 0 Å². The van der Waals surface area contributed by atoms with Crippen LogP contribution in [-0.2, 0) is 4.43 Å². The van der Waals surface area contributed by atoms with E-state index in [0.29, 0.717) is 33.3 Å². The van der Waals surface area contributed by atoms with Crippen LogP contribution in [0.3, 0.4) is 0 Å². The molecule has 2 saturated carbocycles. The van der Waals surface area contributed by atoms with Crippen molar-refractivity contribution in [1.29, 1.82) is 0 Å². The summed E-state index contributed by atoms with van der Waals surface area (Å²) in [4.78, 5) is 0.993. The van der Waals surface area contributed by atoms with Gasteiger partial charge in [0.1, 0.15) is 0 Å². The molecule has 5 heteroatoms. The van der Waals surface area contributed by atoms with Gasteiger partial charge in [0.25, 0.3) is 0 Å². The minimum absolute atomic E-state index is 0.118. The van der Waals surface area contributed by atoms with Crippen LogP contribution in [0.25, 0.3) is 0 Å². The van der Waals surface area contributed by atoms with E-state index in [2.05, 4.69) is 72.6 Å². The Bertz CT molecular complexity index is 438. The van der Waals surface area contributed by atoms with Gasteiger partial charge in [-0.05, 0) is 67.5 Å². The van der Waals surface area contributed by atoms with Crippen LogP contribution in [0.4, 0.5) is 0 Å². The molecule has 0 unspecified atom stereocenters. The number of halogens is 2. The van der Waals surface area contributed by atoms with Gasteiger partial charge >= 0.3 is 0 Å². The fourth-order valence-corrected chi connectivity index (χ4v) is 7.61. The van der Waals surface area contributed by atoms with Crippen molar-refractivity contribution < 1.29 is 9.53 Å². The average Bonchev–Trinajstić information content (AvgIpc) is 2.51. The highest BCUT2D eigenvalue weighted by atomic mass is 79.9. The standard InChI is InChI=1S/C20H38Br2O2Si/c1-13-14(10-8-12-24-25(5,6)20(2,3)4)17-15(19(22)18(13)21)9-7-11-16(17)23/h13-19,23H,7-12H2,1-6H3/t13-,14+,15+,16+,17-,18+,19+/m1/s1. The lowest BCUT2D eigenvalue weighted by molar-refractivity contribution is -0.0403. The van der Waals surface area contributed by atoms with Crippen molar-refractivity contribution in [3.63, 3.8) is 0 Å². The molecule has 0 aromatic heterocycles. The van der Waals surface area contributed by atoms with Gasteiger partial charge in [0, 0.05) is 16.3 Å². The van der Waals surface area contributed by atoms with Crippen LogP contribution in [0.1, 0.15) is 59.8 Å². The lowest BCUT2D eigenvalue weighted by Gasteiger charge is -2.52. The Balaban J connectivity index is 1.97. The van der Waals surface area contributed by atoms with Crippen LogP contribution in [0.2, 0.25) is 18.1 Å². The Kier molecular flexibility index (Phi) is 7.73. The van der Waals surface area contributed by atoms with Gasteiger partial charge in [-0.25, -0.2) is 0 Å². The van der Waals surface area contributed by atoms with E-state index >= 15 is 0 Å². The third-order valence-corrected chi connectivity index (χ3v) is 15.2. The summed E-state index contributed by atoms with van der Waals surface area (Å²) in [5, 5.41) is 11.0. The normalized spacial score (nSPS) is 40.0. The number of aliphatic hydroxyl groups is 1. The molecule has 25 heavy (non-hydrogen) atoms. The second-order valence-electron chi connectivity index (χ2n) is 9.90. The summed E-state index contributed by atoms with van der Waals surface area (Å²) in [5.41, 5.74) is 0. The first-order valence-electron chi connectivity index (χ1n) is 10.1. The molecule has 7 atom stereocenters. The molecule has 148 valence electrons. The van der Waals surface area contributed by atoms with Gasteiger partial charge in [-0.2, -0.15) is 0 Å². The first-order chi connectivity index (χ1) is 11.5. The predicted molar refractivity (Wildman–Crippen MR) is 117 cm³/mol. The molecule has 0 aliphatic heterocycles. The maximum atomic E-state index is 10.7. The number of rotatable bonds is 5. The molecule has 2 rings (SSSR count). The van der Waals surface area contributed by atoms with E-state index in [1.807, 2.05) is 0 Å². The third-order valence-electron chi connectivity index (χ3n) is 7.31. The maximum absolute atomic E-state index is 10.7. The second-order valence-corrected chi connectivity index (χ2v) is 16.8. The van der Waals surface area contributed by atoms with Crippen molar-refractivity contribution in [2.24, 2.45) is 23.7 Å². The Morgan fingerprint density at radius 3 is 2.36 bits per heavy atom. The average molecular weight is 498 g/mol. The number of alkyl halides is 2. The van der Waals surface area contributed by atoms with E-state index in [4.69, 9.17) is 4.43 Å². The Labute approximate surface area is 173 Å². The summed E-state index contributed by atoms with van der Waals surface area (Å²) < 4.78 is 6.39. The van der Waals surface area contributed by atoms with Crippen molar-refractivity contribution in [1.82, 2.24) is 0 Å². The zero-order chi connectivity index (χ0) is 19.0. The molecule has 1 N–H and O–H groups in total. The molecule has 0 amide bonds. The van der Waals surface area contributed by atoms with Gasteiger partial charge in [-0.1, -0.05) is 66.0 Å². The first kappa shape index (κ1) is 22.4. The SMILES string of the molecule is C[C@H]1[C@H](Br)[C@@H](Br)[C@H]2CCC[C@H](O)[C@@H]2[C@H]1CCCO[Si](C)(C)C(C)(C)C. The number of hydrogen-bond donors (Lipinski definition) is 1. The molecule has 2 aliphatic carbocycles. The fourth-order valence-electron chi connectivity index (χ4n) is 4.64. The quantitative estimate of drug-likeness (QED) is 0.272. The summed E-state index contributed by atoms with van der Waals surface area (Å²) in [6, 6.07) is 0. The summed E-state index contributed by atoms with van der Waals surface area (Å²) >= 11 is 7.90. The summed E-state index contributed by atoms with van der Waals surface area (Å²) in [7, 11) is -1.65. The summed E-state index contributed by atoms with van der Waals surface area (Å²) in [5.74, 6) is 2.25. The van der Waals surface area contributed by atoms with Crippen molar-refractivity contribution in [3.8, 4) is 0 Å². The Morgan fingerprint density at radius 2 is 1.76 bits per heavy atom. The molecule has 0 spiro atoms. The fraction of sp³-hybridized carbons (Fsp3) is 1.00. The lowest BCUT2D eigenvalue weighted by atomic mass is 9.59. The minimum atomic E-state index is -1.65. The molecule has 0 bridgehead atoms. The maximum Gasteiger partial charge on any atom is 0.191 e. The number of hydrogen-bond acceptors (Lipinski definition) is 2. The van der Waals surface area contributed by atoms with Crippen molar-refractivity contribution >= 4 is 40.2 Å². The lowest BCUT2D eigenvalue weighted by Crippen LogP contribution is -2.52. The number of fused-ring (bicyclic) bond motifs is 1. The van der Waals surface area contributed by atoms with E-state index in [1.165, 1.54) is 19.3 Å². The Morgan fingerprint density at radius 1 is 1.12 bits per heavy atom. The Hall–Kier alpha value is 1.10. The van der Waals surface area contributed by atoms with Gasteiger partial charge in [0.2, 0.25) is 0 Å².